The standard InChI is InChI=1S/C44H72N8O9S/c1-29(2)38(40(58)48-33(12-11-22-46-42(45)60)39(57)47-32-15-13-31(14-16-32)24-61-41(59)30(3)4)49-34(53)25-62-23-19-37(56)52-27-50(35(54)17-20-43(5,6)7)26-51(28-52)36(55)18-21-44(8,9)10/h13-16,29-30,33,38H,11-12,17-28H2,1-10H3,(H,47,57)(H,48,58)(H,49,53)(H3,45,46,60)/t33-,38-/m0/s1. The highest BCUT2D eigenvalue weighted by Gasteiger charge is 2.33. The maximum atomic E-state index is 13.6. The van der Waals surface area contributed by atoms with E-state index in [0.717, 1.165) is 5.56 Å². The number of carbonyl (C=O) groups is 8. The van der Waals surface area contributed by atoms with Crippen molar-refractivity contribution in [1.82, 2.24) is 30.7 Å². The molecule has 1 aromatic rings. The highest BCUT2D eigenvalue weighted by molar-refractivity contribution is 7.99. The van der Waals surface area contributed by atoms with Crippen molar-refractivity contribution in [3.8, 4) is 0 Å². The van der Waals surface area contributed by atoms with E-state index >= 15 is 0 Å². The zero-order valence-electron chi connectivity index (χ0n) is 38.5. The molecule has 2 atom stereocenters. The van der Waals surface area contributed by atoms with E-state index in [1.165, 1.54) is 16.7 Å². The average molecular weight is 889 g/mol. The van der Waals surface area contributed by atoms with Crippen molar-refractivity contribution in [1.29, 1.82) is 0 Å². The lowest BCUT2D eigenvalue weighted by Crippen LogP contribution is -2.59. The van der Waals surface area contributed by atoms with Gasteiger partial charge in [0.05, 0.1) is 31.7 Å². The van der Waals surface area contributed by atoms with E-state index in [1.54, 1.807) is 61.8 Å². The molecule has 0 spiro atoms. The van der Waals surface area contributed by atoms with Gasteiger partial charge < -0.3 is 46.4 Å². The first kappa shape index (κ1) is 53.3. The molecule has 0 bridgehead atoms. The Morgan fingerprint density at radius 1 is 0.742 bits per heavy atom. The smallest absolute Gasteiger partial charge is 0.312 e. The van der Waals surface area contributed by atoms with Crippen molar-refractivity contribution in [3.05, 3.63) is 29.8 Å². The number of carbonyl (C=O) groups excluding carboxylic acids is 8. The second-order valence-corrected chi connectivity index (χ2v) is 20.0. The minimum Gasteiger partial charge on any atom is -0.461 e. The predicted octanol–water partition coefficient (Wildman–Crippen LogP) is 4.55. The van der Waals surface area contributed by atoms with Gasteiger partial charge in [-0.3, -0.25) is 33.6 Å². The summed E-state index contributed by atoms with van der Waals surface area (Å²) in [6, 6.07) is 3.96. The van der Waals surface area contributed by atoms with Gasteiger partial charge in [-0.2, -0.15) is 11.8 Å². The van der Waals surface area contributed by atoms with Crippen LogP contribution in [-0.4, -0.2) is 112 Å². The van der Waals surface area contributed by atoms with E-state index in [9.17, 15) is 38.4 Å². The van der Waals surface area contributed by atoms with Crippen LogP contribution in [0.15, 0.2) is 24.3 Å². The molecule has 2 rings (SSSR count). The lowest BCUT2D eigenvalue weighted by molar-refractivity contribution is -0.159. The zero-order valence-corrected chi connectivity index (χ0v) is 39.3. The number of urea groups is 1. The summed E-state index contributed by atoms with van der Waals surface area (Å²) in [7, 11) is 0. The molecule has 0 aromatic heterocycles. The number of amides is 8. The van der Waals surface area contributed by atoms with Crippen LogP contribution in [0.1, 0.15) is 120 Å². The second kappa shape index (κ2) is 25.3. The summed E-state index contributed by atoms with van der Waals surface area (Å²) in [5.74, 6) is -2.75. The molecule has 62 heavy (non-hydrogen) atoms. The van der Waals surface area contributed by atoms with Crippen molar-refractivity contribution < 1.29 is 43.1 Å². The predicted molar refractivity (Wildman–Crippen MR) is 240 cm³/mol. The fourth-order valence-electron chi connectivity index (χ4n) is 6.02. The average Bonchev–Trinajstić information content (AvgIpc) is 3.19. The Hall–Kier alpha value is -4.87. The number of rotatable bonds is 22. The zero-order chi connectivity index (χ0) is 46.8. The first-order valence-electron chi connectivity index (χ1n) is 21.5. The molecule has 348 valence electrons. The number of nitrogens with one attached hydrogen (secondary N) is 4. The van der Waals surface area contributed by atoms with Crippen LogP contribution in [0, 0.1) is 22.7 Å². The Bertz CT molecular complexity index is 1650. The van der Waals surface area contributed by atoms with Crippen LogP contribution in [0.4, 0.5) is 10.5 Å². The second-order valence-electron chi connectivity index (χ2n) is 18.9. The van der Waals surface area contributed by atoms with Crippen LogP contribution in [0.3, 0.4) is 0 Å². The fraction of sp³-hybridized carbons (Fsp3) is 0.682. The lowest BCUT2D eigenvalue weighted by atomic mass is 9.90. The van der Waals surface area contributed by atoms with Crippen LogP contribution < -0.4 is 27.0 Å². The van der Waals surface area contributed by atoms with Crippen LogP contribution in [0.25, 0.3) is 0 Å². The van der Waals surface area contributed by atoms with Crippen molar-refractivity contribution in [2.24, 2.45) is 28.4 Å². The van der Waals surface area contributed by atoms with Gasteiger partial charge in [-0.15, -0.1) is 0 Å². The van der Waals surface area contributed by atoms with Crippen molar-refractivity contribution in [3.63, 3.8) is 0 Å². The molecule has 1 saturated heterocycles. The SMILES string of the molecule is CC(C)C(=O)OCc1ccc(NC(=O)[C@H](CCCNC(N)=O)NC(=O)[C@@H](NC(=O)CSCCC(=O)N2CN(C(=O)CCC(C)(C)C)CN(C(=O)CCC(C)(C)C)C2)C(C)C)cc1. The van der Waals surface area contributed by atoms with Crippen LogP contribution in [-0.2, 0) is 44.9 Å². The number of nitrogens with zero attached hydrogens (tertiary/aromatic N) is 3. The Morgan fingerprint density at radius 3 is 1.73 bits per heavy atom. The number of benzene rings is 1. The third-order valence-electron chi connectivity index (χ3n) is 9.89. The van der Waals surface area contributed by atoms with Crippen LogP contribution in [0.5, 0.6) is 0 Å². The van der Waals surface area contributed by atoms with Gasteiger partial charge in [-0.05, 0) is 60.1 Å². The first-order valence-corrected chi connectivity index (χ1v) is 22.6. The van der Waals surface area contributed by atoms with Crippen LogP contribution in [0.2, 0.25) is 0 Å². The normalized spacial score (nSPS) is 14.2. The largest absolute Gasteiger partial charge is 0.461 e. The van der Waals surface area contributed by atoms with Gasteiger partial charge in [-0.25, -0.2) is 4.79 Å². The minimum absolute atomic E-state index is 0.0476. The van der Waals surface area contributed by atoms with Gasteiger partial charge in [0.15, 0.2) is 0 Å². The Morgan fingerprint density at radius 2 is 1.26 bits per heavy atom. The summed E-state index contributed by atoms with van der Waals surface area (Å²) in [6.07, 6.45) is 2.44. The van der Waals surface area contributed by atoms with E-state index in [1.807, 2.05) is 0 Å². The molecule has 17 nitrogen and oxygen atoms in total. The summed E-state index contributed by atoms with van der Waals surface area (Å²) in [6.45, 7) is 19.8. The fourth-order valence-corrected chi connectivity index (χ4v) is 6.75. The number of esters is 1. The number of anilines is 1. The number of hydrogen-bond acceptors (Lipinski definition) is 10. The number of thioether (sulfide) groups is 1. The molecule has 1 aromatic carbocycles. The molecule has 1 aliphatic heterocycles. The van der Waals surface area contributed by atoms with Gasteiger partial charge in [0.25, 0.3) is 0 Å². The number of hydrogen-bond donors (Lipinski definition) is 5. The molecule has 8 amide bonds. The monoisotopic (exact) mass is 889 g/mol. The van der Waals surface area contributed by atoms with E-state index in [0.29, 0.717) is 37.8 Å². The van der Waals surface area contributed by atoms with Gasteiger partial charge in [0.2, 0.25) is 35.4 Å². The molecule has 18 heteroatoms. The number of ether oxygens (including phenoxy) is 1. The summed E-state index contributed by atoms with van der Waals surface area (Å²) < 4.78 is 5.26. The van der Waals surface area contributed by atoms with Crippen molar-refractivity contribution >= 4 is 64.9 Å². The quantitative estimate of drug-likeness (QED) is 0.0806. The Balaban J connectivity index is 2.02. The minimum atomic E-state index is -1.04. The maximum Gasteiger partial charge on any atom is 0.312 e. The Labute approximate surface area is 372 Å². The molecule has 1 fully saturated rings. The van der Waals surface area contributed by atoms with Crippen molar-refractivity contribution in [2.75, 3.05) is 43.4 Å². The number of nitrogens with two attached hydrogens (primary N) is 1. The summed E-state index contributed by atoms with van der Waals surface area (Å²) in [4.78, 5) is 108. The lowest BCUT2D eigenvalue weighted by Gasteiger charge is -2.42. The molecular weight excluding hydrogens is 817 g/mol. The maximum absolute atomic E-state index is 13.6. The van der Waals surface area contributed by atoms with Crippen LogP contribution >= 0.6 is 11.8 Å². The molecule has 1 aliphatic rings. The molecule has 0 saturated carbocycles. The van der Waals surface area contributed by atoms with E-state index in [2.05, 4.69) is 62.8 Å². The molecule has 0 radical (unpaired) electrons. The molecule has 0 aliphatic carbocycles. The van der Waals surface area contributed by atoms with Gasteiger partial charge >= 0.3 is 12.0 Å². The van der Waals surface area contributed by atoms with E-state index in [-0.39, 0.29) is 104 Å². The highest BCUT2D eigenvalue weighted by Crippen LogP contribution is 2.24. The van der Waals surface area contributed by atoms with Gasteiger partial charge in [0.1, 0.15) is 18.7 Å². The molecule has 0 unspecified atom stereocenters. The molecular formula is C44H72N8O9S. The van der Waals surface area contributed by atoms with Gasteiger partial charge in [-0.1, -0.05) is 81.4 Å². The van der Waals surface area contributed by atoms with Gasteiger partial charge in [0, 0.05) is 37.2 Å². The van der Waals surface area contributed by atoms with Crippen molar-refractivity contribution in [2.45, 2.75) is 133 Å². The summed E-state index contributed by atoms with van der Waals surface area (Å²) in [5, 5.41) is 10.8. The topological polar surface area (TPSA) is 230 Å². The first-order chi connectivity index (χ1) is 28.8. The molecule has 6 N–H and O–H groups in total. The summed E-state index contributed by atoms with van der Waals surface area (Å²) in [5.41, 5.74) is 6.24. The summed E-state index contributed by atoms with van der Waals surface area (Å²) >= 11 is 1.21. The third-order valence-corrected chi connectivity index (χ3v) is 10.9. The highest BCUT2D eigenvalue weighted by atomic mass is 32.2. The Kier molecular flexibility index (Phi) is 21.7. The van der Waals surface area contributed by atoms with E-state index in [4.69, 9.17) is 10.5 Å². The third kappa shape index (κ3) is 20.8. The number of primary amides is 1. The van der Waals surface area contributed by atoms with E-state index < -0.39 is 35.8 Å². The molecule has 1 heterocycles.